The SMILES string of the molecule is O=C(O)c1ccc(OC(F)F)c(C2CC2)c1. The number of carbonyl (C=O) groups is 1. The lowest BCUT2D eigenvalue weighted by molar-refractivity contribution is -0.0504. The molecule has 1 aromatic carbocycles. The monoisotopic (exact) mass is 228 g/mol. The smallest absolute Gasteiger partial charge is 0.387 e. The van der Waals surface area contributed by atoms with Crippen LogP contribution in [0.25, 0.3) is 0 Å². The molecular formula is C11H10F2O3. The topological polar surface area (TPSA) is 46.5 Å². The summed E-state index contributed by atoms with van der Waals surface area (Å²) in [4.78, 5) is 10.7. The Hall–Kier alpha value is -1.65. The lowest BCUT2D eigenvalue weighted by Crippen LogP contribution is -2.05. The Morgan fingerprint density at radius 2 is 2.12 bits per heavy atom. The lowest BCUT2D eigenvalue weighted by atomic mass is 10.1. The standard InChI is InChI=1S/C11H10F2O3/c12-11(13)16-9-4-3-7(10(14)15)5-8(9)6-1-2-6/h3-6,11H,1-2H2,(H,14,15). The molecule has 3 nitrogen and oxygen atoms in total. The first kappa shape index (κ1) is 10.9. The second-order valence-corrected chi connectivity index (χ2v) is 3.71. The van der Waals surface area contributed by atoms with Crippen molar-refractivity contribution in [1.82, 2.24) is 0 Å². The van der Waals surface area contributed by atoms with Crippen LogP contribution in [0.3, 0.4) is 0 Å². The van der Waals surface area contributed by atoms with Gasteiger partial charge in [-0.3, -0.25) is 0 Å². The molecule has 0 radical (unpaired) electrons. The van der Waals surface area contributed by atoms with Gasteiger partial charge in [0.2, 0.25) is 0 Å². The highest BCUT2D eigenvalue weighted by atomic mass is 19.3. The number of rotatable bonds is 4. The Bertz CT molecular complexity index is 414. The summed E-state index contributed by atoms with van der Waals surface area (Å²) in [6.45, 7) is -2.88. The Kier molecular flexibility index (Phi) is 2.77. The van der Waals surface area contributed by atoms with Crippen molar-refractivity contribution in [1.29, 1.82) is 0 Å². The van der Waals surface area contributed by atoms with Crippen molar-refractivity contribution in [3.05, 3.63) is 29.3 Å². The maximum Gasteiger partial charge on any atom is 0.387 e. The fourth-order valence-corrected chi connectivity index (χ4v) is 1.60. The van der Waals surface area contributed by atoms with Gasteiger partial charge in [-0.25, -0.2) is 4.79 Å². The van der Waals surface area contributed by atoms with Crippen molar-refractivity contribution >= 4 is 5.97 Å². The third kappa shape index (κ3) is 2.29. The zero-order valence-electron chi connectivity index (χ0n) is 8.32. The van der Waals surface area contributed by atoms with Crippen molar-refractivity contribution in [2.45, 2.75) is 25.4 Å². The summed E-state index contributed by atoms with van der Waals surface area (Å²) in [7, 11) is 0. The Morgan fingerprint density at radius 1 is 1.44 bits per heavy atom. The lowest BCUT2D eigenvalue weighted by Gasteiger charge is -2.10. The summed E-state index contributed by atoms with van der Waals surface area (Å²) >= 11 is 0. The first-order chi connectivity index (χ1) is 7.58. The molecule has 0 atom stereocenters. The molecule has 0 aliphatic heterocycles. The van der Waals surface area contributed by atoms with E-state index in [2.05, 4.69) is 4.74 Å². The Balaban J connectivity index is 2.33. The second-order valence-electron chi connectivity index (χ2n) is 3.71. The number of carboxylic acid groups (broad SMARTS) is 1. The second kappa shape index (κ2) is 4.08. The highest BCUT2D eigenvalue weighted by Gasteiger charge is 2.28. The highest BCUT2D eigenvalue weighted by Crippen LogP contribution is 2.44. The molecule has 86 valence electrons. The van der Waals surface area contributed by atoms with Gasteiger partial charge < -0.3 is 9.84 Å². The Morgan fingerprint density at radius 3 is 2.62 bits per heavy atom. The van der Waals surface area contributed by atoms with Crippen molar-refractivity contribution in [3.8, 4) is 5.75 Å². The van der Waals surface area contributed by atoms with Crippen LogP contribution in [0.1, 0.15) is 34.7 Å². The number of hydrogen-bond donors (Lipinski definition) is 1. The molecule has 1 fully saturated rings. The molecule has 1 aromatic rings. The number of aromatic carboxylic acids is 1. The van der Waals surface area contributed by atoms with Crippen LogP contribution in [0.2, 0.25) is 0 Å². The van der Waals surface area contributed by atoms with Crippen molar-refractivity contribution < 1.29 is 23.4 Å². The minimum atomic E-state index is -2.88. The highest BCUT2D eigenvalue weighted by molar-refractivity contribution is 5.88. The number of alkyl halides is 2. The maximum atomic E-state index is 12.1. The van der Waals surface area contributed by atoms with E-state index in [4.69, 9.17) is 5.11 Å². The normalized spacial score (nSPS) is 15.2. The maximum absolute atomic E-state index is 12.1. The number of carboxylic acids is 1. The van der Waals surface area contributed by atoms with Crippen LogP contribution >= 0.6 is 0 Å². The van der Waals surface area contributed by atoms with Gasteiger partial charge >= 0.3 is 12.6 Å². The summed E-state index contributed by atoms with van der Waals surface area (Å²) in [6.07, 6.45) is 1.78. The van der Waals surface area contributed by atoms with Gasteiger partial charge in [0.05, 0.1) is 5.56 Å². The number of halogens is 2. The van der Waals surface area contributed by atoms with Gasteiger partial charge in [0.15, 0.2) is 0 Å². The first-order valence-electron chi connectivity index (χ1n) is 4.90. The largest absolute Gasteiger partial charge is 0.478 e. The van der Waals surface area contributed by atoms with E-state index in [0.717, 1.165) is 12.8 Å². The van der Waals surface area contributed by atoms with E-state index in [-0.39, 0.29) is 17.2 Å². The molecule has 1 N–H and O–H groups in total. The molecule has 0 unspecified atom stereocenters. The number of hydrogen-bond acceptors (Lipinski definition) is 2. The molecule has 0 bridgehead atoms. The fourth-order valence-electron chi connectivity index (χ4n) is 1.60. The molecule has 0 heterocycles. The van der Waals surface area contributed by atoms with Crippen LogP contribution in [-0.2, 0) is 0 Å². The van der Waals surface area contributed by atoms with Crippen LogP contribution < -0.4 is 4.74 Å². The quantitative estimate of drug-likeness (QED) is 0.861. The predicted octanol–water partition coefficient (Wildman–Crippen LogP) is 2.86. The summed E-state index contributed by atoms with van der Waals surface area (Å²) in [5, 5.41) is 8.80. The molecule has 0 amide bonds. The molecule has 1 aliphatic carbocycles. The molecule has 2 rings (SSSR count). The van der Waals surface area contributed by atoms with Gasteiger partial charge in [-0.05, 0) is 42.5 Å². The molecule has 16 heavy (non-hydrogen) atoms. The van der Waals surface area contributed by atoms with E-state index in [1.807, 2.05) is 0 Å². The predicted molar refractivity (Wildman–Crippen MR) is 52.0 cm³/mol. The zero-order valence-corrected chi connectivity index (χ0v) is 8.32. The fraction of sp³-hybridized carbons (Fsp3) is 0.364. The van der Waals surface area contributed by atoms with Gasteiger partial charge in [0.25, 0.3) is 0 Å². The molecule has 5 heteroatoms. The third-order valence-electron chi connectivity index (χ3n) is 2.49. The molecule has 0 spiro atoms. The zero-order chi connectivity index (χ0) is 11.7. The van der Waals surface area contributed by atoms with Crippen LogP contribution in [0.5, 0.6) is 5.75 Å². The van der Waals surface area contributed by atoms with Crippen molar-refractivity contribution in [2.24, 2.45) is 0 Å². The number of benzene rings is 1. The van der Waals surface area contributed by atoms with Crippen molar-refractivity contribution in [3.63, 3.8) is 0 Å². The molecule has 0 saturated heterocycles. The molecular weight excluding hydrogens is 218 g/mol. The average molecular weight is 228 g/mol. The van der Waals surface area contributed by atoms with Crippen LogP contribution in [0.4, 0.5) is 8.78 Å². The molecule has 1 saturated carbocycles. The third-order valence-corrected chi connectivity index (χ3v) is 2.49. The van der Waals surface area contributed by atoms with Crippen LogP contribution in [0, 0.1) is 0 Å². The molecule has 1 aliphatic rings. The van der Waals surface area contributed by atoms with E-state index in [0.29, 0.717) is 5.56 Å². The van der Waals surface area contributed by atoms with E-state index < -0.39 is 12.6 Å². The van der Waals surface area contributed by atoms with Crippen LogP contribution in [0.15, 0.2) is 18.2 Å². The minimum absolute atomic E-state index is 0.0856. The minimum Gasteiger partial charge on any atom is -0.478 e. The van der Waals surface area contributed by atoms with Gasteiger partial charge in [0, 0.05) is 0 Å². The summed E-state index contributed by atoms with van der Waals surface area (Å²) in [5.41, 5.74) is 0.670. The average Bonchev–Trinajstić information content (AvgIpc) is 3.00. The number of ether oxygens (including phenoxy) is 1. The molecule has 0 aromatic heterocycles. The van der Waals surface area contributed by atoms with E-state index in [9.17, 15) is 13.6 Å². The first-order valence-corrected chi connectivity index (χ1v) is 4.90. The van der Waals surface area contributed by atoms with Gasteiger partial charge in [-0.1, -0.05) is 0 Å². The van der Waals surface area contributed by atoms with E-state index in [1.54, 1.807) is 0 Å². The van der Waals surface area contributed by atoms with Gasteiger partial charge in [0.1, 0.15) is 5.75 Å². The summed E-state index contributed by atoms with van der Waals surface area (Å²) in [5.74, 6) is -0.818. The van der Waals surface area contributed by atoms with Gasteiger partial charge in [-0.15, -0.1) is 0 Å². The summed E-state index contributed by atoms with van der Waals surface area (Å²) in [6, 6.07) is 3.98. The van der Waals surface area contributed by atoms with E-state index >= 15 is 0 Å². The van der Waals surface area contributed by atoms with Crippen LogP contribution in [-0.4, -0.2) is 17.7 Å². The summed E-state index contributed by atoms with van der Waals surface area (Å²) < 4.78 is 28.6. The van der Waals surface area contributed by atoms with Gasteiger partial charge in [-0.2, -0.15) is 8.78 Å². The van der Waals surface area contributed by atoms with E-state index in [1.165, 1.54) is 18.2 Å². The Labute approximate surface area is 90.7 Å². The van der Waals surface area contributed by atoms with Crippen molar-refractivity contribution in [2.75, 3.05) is 0 Å².